The smallest absolute Gasteiger partial charge is 0.114 e. The van der Waals surface area contributed by atoms with Gasteiger partial charge in [-0.3, -0.25) is 0 Å². The van der Waals surface area contributed by atoms with E-state index in [0.29, 0.717) is 9.36 Å². The Morgan fingerprint density at radius 2 is 1.94 bits per heavy atom. The first kappa shape index (κ1) is 12.4. The summed E-state index contributed by atoms with van der Waals surface area (Å²) in [5, 5.41) is 10.8. The maximum absolute atomic E-state index is 10.2. The standard InChI is InChI=1S/C11H7BrCl2OS/c12-8-2-1-6(13)5-7(8)11(15)9-3-4-10(14)16-9/h1-5,11,15H. The fraction of sp³-hybridized carbons (Fsp3) is 0.0909. The highest BCUT2D eigenvalue weighted by molar-refractivity contribution is 9.10. The first-order valence-electron chi connectivity index (χ1n) is 4.46. The number of halogens is 3. The number of hydrogen-bond acceptors (Lipinski definition) is 2. The lowest BCUT2D eigenvalue weighted by atomic mass is 10.1. The third-order valence-corrected chi connectivity index (χ3v) is 4.36. The van der Waals surface area contributed by atoms with Gasteiger partial charge in [0.05, 0.1) is 4.34 Å². The minimum absolute atomic E-state index is 0.597. The van der Waals surface area contributed by atoms with Gasteiger partial charge in [0.15, 0.2) is 0 Å². The molecule has 1 nitrogen and oxygen atoms in total. The predicted molar refractivity (Wildman–Crippen MR) is 72.5 cm³/mol. The molecule has 0 saturated heterocycles. The highest BCUT2D eigenvalue weighted by atomic mass is 79.9. The highest BCUT2D eigenvalue weighted by Crippen LogP contribution is 2.35. The van der Waals surface area contributed by atoms with Crippen LogP contribution >= 0.6 is 50.5 Å². The summed E-state index contributed by atoms with van der Waals surface area (Å²) in [5.74, 6) is 0. The Hall–Kier alpha value is -0.0600. The third-order valence-electron chi connectivity index (χ3n) is 2.12. The van der Waals surface area contributed by atoms with E-state index in [1.165, 1.54) is 11.3 Å². The zero-order chi connectivity index (χ0) is 11.7. The molecule has 1 aromatic heterocycles. The van der Waals surface area contributed by atoms with Crippen LogP contribution in [-0.4, -0.2) is 5.11 Å². The highest BCUT2D eigenvalue weighted by Gasteiger charge is 2.15. The van der Waals surface area contributed by atoms with Crippen molar-refractivity contribution in [3.05, 3.63) is 54.6 Å². The molecule has 16 heavy (non-hydrogen) atoms. The summed E-state index contributed by atoms with van der Waals surface area (Å²) in [4.78, 5) is 0.799. The molecule has 84 valence electrons. The van der Waals surface area contributed by atoms with Crippen molar-refractivity contribution in [2.24, 2.45) is 0 Å². The molecule has 2 rings (SSSR count). The number of aliphatic hydroxyl groups excluding tert-OH is 1. The molecule has 0 aliphatic carbocycles. The Morgan fingerprint density at radius 3 is 2.56 bits per heavy atom. The second kappa shape index (κ2) is 5.07. The fourth-order valence-corrected chi connectivity index (χ4v) is 3.06. The summed E-state index contributed by atoms with van der Waals surface area (Å²) >= 11 is 16.5. The third kappa shape index (κ3) is 2.60. The summed E-state index contributed by atoms with van der Waals surface area (Å²) in [6, 6.07) is 8.90. The van der Waals surface area contributed by atoms with Gasteiger partial charge in [0.1, 0.15) is 6.10 Å². The van der Waals surface area contributed by atoms with Crippen molar-refractivity contribution in [3.8, 4) is 0 Å². The van der Waals surface area contributed by atoms with E-state index < -0.39 is 6.10 Å². The molecule has 0 aliphatic rings. The van der Waals surface area contributed by atoms with Gasteiger partial charge in [0.2, 0.25) is 0 Å². The molecule has 0 aliphatic heterocycles. The largest absolute Gasteiger partial charge is 0.383 e. The summed E-state index contributed by atoms with van der Waals surface area (Å²) < 4.78 is 1.49. The van der Waals surface area contributed by atoms with Gasteiger partial charge < -0.3 is 5.11 Å². The van der Waals surface area contributed by atoms with Crippen molar-refractivity contribution in [2.45, 2.75) is 6.10 Å². The predicted octanol–water partition coefficient (Wildman–Crippen LogP) is 4.90. The molecule has 0 saturated carbocycles. The average molecular weight is 338 g/mol. The zero-order valence-electron chi connectivity index (χ0n) is 7.95. The van der Waals surface area contributed by atoms with Gasteiger partial charge in [-0.2, -0.15) is 0 Å². The monoisotopic (exact) mass is 336 g/mol. The molecule has 1 N–H and O–H groups in total. The van der Waals surface area contributed by atoms with Crippen molar-refractivity contribution in [1.82, 2.24) is 0 Å². The Morgan fingerprint density at radius 1 is 1.19 bits per heavy atom. The number of thiophene rings is 1. The minimum Gasteiger partial charge on any atom is -0.383 e. The zero-order valence-corrected chi connectivity index (χ0v) is 11.9. The van der Waals surface area contributed by atoms with E-state index in [4.69, 9.17) is 23.2 Å². The van der Waals surface area contributed by atoms with Gasteiger partial charge in [-0.05, 0) is 30.3 Å². The molecule has 2 aromatic rings. The molecule has 1 aromatic carbocycles. The van der Waals surface area contributed by atoms with E-state index in [2.05, 4.69) is 15.9 Å². The Bertz CT molecular complexity index is 512. The molecule has 5 heteroatoms. The van der Waals surface area contributed by atoms with E-state index in [1.807, 2.05) is 12.1 Å². The van der Waals surface area contributed by atoms with Crippen LogP contribution in [0.4, 0.5) is 0 Å². The molecular weight excluding hydrogens is 331 g/mol. The van der Waals surface area contributed by atoms with Crippen molar-refractivity contribution in [2.75, 3.05) is 0 Å². The molecule has 0 amide bonds. The van der Waals surface area contributed by atoms with Gasteiger partial charge in [0, 0.05) is 19.9 Å². The lowest BCUT2D eigenvalue weighted by Crippen LogP contribution is -1.98. The molecule has 0 fully saturated rings. The van der Waals surface area contributed by atoms with Crippen molar-refractivity contribution < 1.29 is 5.11 Å². The van der Waals surface area contributed by atoms with Crippen LogP contribution < -0.4 is 0 Å². The van der Waals surface area contributed by atoms with Crippen LogP contribution in [0.15, 0.2) is 34.8 Å². The van der Waals surface area contributed by atoms with Crippen molar-refractivity contribution in [3.63, 3.8) is 0 Å². The van der Waals surface area contributed by atoms with Gasteiger partial charge in [-0.15, -0.1) is 11.3 Å². The summed E-state index contributed by atoms with van der Waals surface area (Å²) in [6.07, 6.45) is -0.703. The maximum Gasteiger partial charge on any atom is 0.114 e. The van der Waals surface area contributed by atoms with E-state index in [0.717, 1.165) is 14.9 Å². The van der Waals surface area contributed by atoms with E-state index in [-0.39, 0.29) is 0 Å². The van der Waals surface area contributed by atoms with Crippen LogP contribution in [0.5, 0.6) is 0 Å². The first-order valence-corrected chi connectivity index (χ1v) is 6.82. The quantitative estimate of drug-likeness (QED) is 0.826. The minimum atomic E-state index is -0.703. The Labute approximate surface area is 116 Å². The molecular formula is C11H7BrCl2OS. The average Bonchev–Trinajstić information content (AvgIpc) is 2.67. The number of aliphatic hydroxyl groups is 1. The second-order valence-electron chi connectivity index (χ2n) is 3.21. The fourth-order valence-electron chi connectivity index (χ4n) is 1.35. The lowest BCUT2D eigenvalue weighted by Gasteiger charge is -2.11. The van der Waals surface area contributed by atoms with Gasteiger partial charge in [0.25, 0.3) is 0 Å². The van der Waals surface area contributed by atoms with Crippen molar-refractivity contribution in [1.29, 1.82) is 0 Å². The second-order valence-corrected chi connectivity index (χ2v) is 6.25. The summed E-state index contributed by atoms with van der Waals surface area (Å²) in [5.41, 5.74) is 0.742. The van der Waals surface area contributed by atoms with E-state index in [1.54, 1.807) is 18.2 Å². The molecule has 1 unspecified atom stereocenters. The normalized spacial score (nSPS) is 12.8. The molecule has 1 atom stereocenters. The number of rotatable bonds is 2. The first-order chi connectivity index (χ1) is 7.58. The van der Waals surface area contributed by atoms with E-state index in [9.17, 15) is 5.11 Å². The summed E-state index contributed by atoms with van der Waals surface area (Å²) in [6.45, 7) is 0. The molecule has 0 radical (unpaired) electrons. The Balaban J connectivity index is 2.40. The van der Waals surface area contributed by atoms with Crippen LogP contribution in [-0.2, 0) is 0 Å². The molecule has 0 spiro atoms. The van der Waals surface area contributed by atoms with Crippen LogP contribution in [0.25, 0.3) is 0 Å². The number of hydrogen-bond donors (Lipinski definition) is 1. The van der Waals surface area contributed by atoms with Gasteiger partial charge in [-0.1, -0.05) is 39.1 Å². The van der Waals surface area contributed by atoms with Gasteiger partial charge >= 0.3 is 0 Å². The number of benzene rings is 1. The van der Waals surface area contributed by atoms with Crippen LogP contribution in [0.1, 0.15) is 16.5 Å². The maximum atomic E-state index is 10.2. The lowest BCUT2D eigenvalue weighted by molar-refractivity contribution is 0.223. The van der Waals surface area contributed by atoms with E-state index >= 15 is 0 Å². The van der Waals surface area contributed by atoms with Crippen LogP contribution in [0, 0.1) is 0 Å². The molecule has 1 heterocycles. The van der Waals surface area contributed by atoms with Crippen LogP contribution in [0.2, 0.25) is 9.36 Å². The van der Waals surface area contributed by atoms with Crippen LogP contribution in [0.3, 0.4) is 0 Å². The summed E-state index contributed by atoms with van der Waals surface area (Å²) in [7, 11) is 0. The SMILES string of the molecule is OC(c1ccc(Cl)s1)c1cc(Cl)ccc1Br. The topological polar surface area (TPSA) is 20.2 Å². The van der Waals surface area contributed by atoms with Gasteiger partial charge in [-0.25, -0.2) is 0 Å². The Kier molecular flexibility index (Phi) is 3.93. The van der Waals surface area contributed by atoms with Crippen molar-refractivity contribution >= 4 is 50.5 Å². The molecule has 0 bridgehead atoms.